The summed E-state index contributed by atoms with van der Waals surface area (Å²) in [6, 6.07) is 12.8. The molecule has 34 heavy (non-hydrogen) atoms. The number of hydrogen-bond donors (Lipinski definition) is 1. The Balaban J connectivity index is 1.19. The highest BCUT2D eigenvalue weighted by Crippen LogP contribution is 2.37. The maximum Gasteiger partial charge on any atom is 0.291 e. The molecule has 0 saturated carbocycles. The summed E-state index contributed by atoms with van der Waals surface area (Å²) >= 11 is 0. The molecule has 1 aromatic carbocycles. The van der Waals surface area contributed by atoms with Crippen LogP contribution in [0, 0.1) is 6.92 Å². The Labute approximate surface area is 199 Å². The highest BCUT2D eigenvalue weighted by atomic mass is 16.6. The first kappa shape index (κ1) is 21.6. The second-order valence-electron chi connectivity index (χ2n) is 10.4. The van der Waals surface area contributed by atoms with Crippen LogP contribution in [0.15, 0.2) is 42.6 Å². The third kappa shape index (κ3) is 3.75. The highest BCUT2D eigenvalue weighted by Gasteiger charge is 2.44. The molecule has 3 aliphatic rings. The van der Waals surface area contributed by atoms with Gasteiger partial charge >= 0.3 is 0 Å². The second-order valence-corrected chi connectivity index (χ2v) is 10.4. The molecule has 8 nitrogen and oxygen atoms in total. The molecule has 178 valence electrons. The lowest BCUT2D eigenvalue weighted by Crippen LogP contribution is -2.37. The van der Waals surface area contributed by atoms with E-state index in [1.54, 1.807) is 4.52 Å². The van der Waals surface area contributed by atoms with E-state index < -0.39 is 0 Å². The number of pyridine rings is 1. The molecular formula is C26H31N5O3. The van der Waals surface area contributed by atoms with Crippen LogP contribution in [0.5, 0.6) is 0 Å². The van der Waals surface area contributed by atoms with Crippen molar-refractivity contribution < 1.29 is 14.3 Å². The smallest absolute Gasteiger partial charge is 0.291 e. The predicted molar refractivity (Wildman–Crippen MR) is 128 cm³/mol. The van der Waals surface area contributed by atoms with Crippen LogP contribution in [0.25, 0.3) is 5.65 Å². The average molecular weight is 462 g/mol. The van der Waals surface area contributed by atoms with Gasteiger partial charge in [0.25, 0.3) is 5.91 Å². The van der Waals surface area contributed by atoms with Crippen LogP contribution in [0.3, 0.4) is 0 Å². The second kappa shape index (κ2) is 8.06. The number of aryl methyl sites for hydroxylation is 1. The fraction of sp³-hybridized carbons (Fsp3) is 0.500. The lowest BCUT2D eigenvalue weighted by atomic mass is 9.82. The van der Waals surface area contributed by atoms with Crippen LogP contribution >= 0.6 is 0 Å². The third-order valence-corrected chi connectivity index (χ3v) is 7.73. The summed E-state index contributed by atoms with van der Waals surface area (Å²) in [5.41, 5.74) is 4.07. The SMILES string of the molecule is Cc1cc(N2CC[C@](C)(c3ccccc3)C2)cn2nc(C(=O)NC3COC4(CCOC4)C3)nc12. The number of benzene rings is 1. The van der Waals surface area contributed by atoms with Gasteiger partial charge < -0.3 is 19.7 Å². The van der Waals surface area contributed by atoms with Gasteiger partial charge in [0, 0.05) is 38.0 Å². The van der Waals surface area contributed by atoms with Gasteiger partial charge in [-0.15, -0.1) is 5.10 Å². The van der Waals surface area contributed by atoms with Gasteiger partial charge in [-0.25, -0.2) is 9.50 Å². The third-order valence-electron chi connectivity index (χ3n) is 7.73. The zero-order valence-electron chi connectivity index (χ0n) is 19.8. The summed E-state index contributed by atoms with van der Waals surface area (Å²) in [6.45, 7) is 8.10. The summed E-state index contributed by atoms with van der Waals surface area (Å²) in [7, 11) is 0. The van der Waals surface area contributed by atoms with Crippen molar-refractivity contribution >= 4 is 17.2 Å². The lowest BCUT2D eigenvalue weighted by Gasteiger charge is -2.26. The number of hydrogen-bond acceptors (Lipinski definition) is 6. The van der Waals surface area contributed by atoms with Gasteiger partial charge in [-0.2, -0.15) is 0 Å². The number of ether oxygens (including phenoxy) is 2. The minimum Gasteiger partial charge on any atom is -0.378 e. The molecule has 3 aliphatic heterocycles. The molecule has 3 aromatic rings. The molecule has 3 atom stereocenters. The topological polar surface area (TPSA) is 81.0 Å². The molecule has 2 unspecified atom stereocenters. The largest absolute Gasteiger partial charge is 0.378 e. The summed E-state index contributed by atoms with van der Waals surface area (Å²) in [5.74, 6) is -0.0635. The molecule has 6 rings (SSSR count). The fourth-order valence-corrected chi connectivity index (χ4v) is 5.71. The van der Waals surface area contributed by atoms with Crippen LogP contribution in [0.1, 0.15) is 47.9 Å². The summed E-state index contributed by atoms with van der Waals surface area (Å²) in [4.78, 5) is 19.9. The molecule has 1 N–H and O–H groups in total. The Hall–Kier alpha value is -2.97. The summed E-state index contributed by atoms with van der Waals surface area (Å²) in [6.07, 6.45) is 4.74. The first-order valence-corrected chi connectivity index (χ1v) is 12.1. The monoisotopic (exact) mass is 461 g/mol. The molecule has 5 heterocycles. The van der Waals surface area contributed by atoms with Crippen LogP contribution in [0.4, 0.5) is 5.69 Å². The van der Waals surface area contributed by atoms with Crippen molar-refractivity contribution in [1.29, 1.82) is 0 Å². The van der Waals surface area contributed by atoms with Crippen molar-refractivity contribution in [2.24, 2.45) is 0 Å². The van der Waals surface area contributed by atoms with E-state index in [-0.39, 0.29) is 28.8 Å². The molecule has 0 radical (unpaired) electrons. The van der Waals surface area contributed by atoms with E-state index in [0.717, 1.165) is 50.2 Å². The Bertz CT molecular complexity index is 1220. The van der Waals surface area contributed by atoms with Gasteiger partial charge in [-0.1, -0.05) is 37.3 Å². The first-order chi connectivity index (χ1) is 16.4. The zero-order valence-corrected chi connectivity index (χ0v) is 19.8. The van der Waals surface area contributed by atoms with Crippen molar-refractivity contribution in [3.8, 4) is 0 Å². The van der Waals surface area contributed by atoms with Crippen LogP contribution in [0.2, 0.25) is 0 Å². The molecule has 0 bridgehead atoms. The van der Waals surface area contributed by atoms with E-state index in [1.807, 2.05) is 13.1 Å². The number of fused-ring (bicyclic) bond motifs is 1. The van der Waals surface area contributed by atoms with Crippen molar-refractivity contribution in [1.82, 2.24) is 19.9 Å². The van der Waals surface area contributed by atoms with Gasteiger partial charge in [0.1, 0.15) is 0 Å². The minimum absolute atomic E-state index is 0.0438. The molecule has 2 aromatic heterocycles. The van der Waals surface area contributed by atoms with Gasteiger partial charge in [-0.3, -0.25) is 4.79 Å². The molecular weight excluding hydrogens is 430 g/mol. The Morgan fingerprint density at radius 2 is 2.09 bits per heavy atom. The van der Waals surface area contributed by atoms with Crippen molar-refractivity contribution in [3.05, 3.63) is 59.5 Å². The van der Waals surface area contributed by atoms with Crippen LogP contribution in [-0.4, -0.2) is 65.1 Å². The fourth-order valence-electron chi connectivity index (χ4n) is 5.71. The number of rotatable bonds is 4. The van der Waals surface area contributed by atoms with E-state index >= 15 is 0 Å². The maximum absolute atomic E-state index is 12.9. The molecule has 3 fully saturated rings. The molecule has 8 heteroatoms. The number of anilines is 1. The first-order valence-electron chi connectivity index (χ1n) is 12.1. The summed E-state index contributed by atoms with van der Waals surface area (Å²) in [5, 5.41) is 7.59. The predicted octanol–water partition coefficient (Wildman–Crippen LogP) is 2.88. The van der Waals surface area contributed by atoms with Crippen molar-refractivity contribution in [2.75, 3.05) is 37.8 Å². The number of carbonyl (C=O) groups is 1. The zero-order chi connectivity index (χ0) is 23.3. The average Bonchev–Trinajstić information content (AvgIpc) is 3.63. The molecule has 1 amide bonds. The van der Waals surface area contributed by atoms with E-state index in [4.69, 9.17) is 9.47 Å². The van der Waals surface area contributed by atoms with Gasteiger partial charge in [0.15, 0.2) is 5.65 Å². The molecule has 1 spiro atoms. The summed E-state index contributed by atoms with van der Waals surface area (Å²) < 4.78 is 13.2. The standard InChI is InChI=1S/C26H31N5O3/c1-18-12-21(30-10-8-25(2,16-30)19-6-4-3-5-7-19)14-31-23(18)28-22(29-31)24(32)27-20-13-26(34-15-20)9-11-33-17-26/h3-7,12,14,20H,8-11,13,15-17H2,1-2H3,(H,27,32)/t20?,25-,26?/m0/s1. The number of amides is 1. The molecule has 0 aliphatic carbocycles. The van der Waals surface area contributed by atoms with E-state index in [9.17, 15) is 4.79 Å². The Morgan fingerprint density at radius 3 is 2.88 bits per heavy atom. The lowest BCUT2D eigenvalue weighted by molar-refractivity contribution is -0.00356. The van der Waals surface area contributed by atoms with Crippen molar-refractivity contribution in [2.45, 2.75) is 50.2 Å². The van der Waals surface area contributed by atoms with E-state index in [1.165, 1.54) is 5.56 Å². The Morgan fingerprint density at radius 1 is 1.24 bits per heavy atom. The Kier molecular flexibility index (Phi) is 5.11. The maximum atomic E-state index is 12.9. The minimum atomic E-state index is -0.257. The van der Waals surface area contributed by atoms with Crippen LogP contribution in [-0.2, 0) is 14.9 Å². The normalized spacial score (nSPS) is 28.9. The highest BCUT2D eigenvalue weighted by molar-refractivity contribution is 5.91. The van der Waals surface area contributed by atoms with Crippen molar-refractivity contribution in [3.63, 3.8) is 0 Å². The van der Waals surface area contributed by atoms with Gasteiger partial charge in [0.2, 0.25) is 5.82 Å². The quantitative estimate of drug-likeness (QED) is 0.644. The van der Waals surface area contributed by atoms with E-state index in [2.05, 4.69) is 63.6 Å². The number of nitrogens with zero attached hydrogens (tertiary/aromatic N) is 4. The van der Waals surface area contributed by atoms with E-state index in [0.29, 0.717) is 18.9 Å². The number of aromatic nitrogens is 3. The molecule has 3 saturated heterocycles. The van der Waals surface area contributed by atoms with Crippen LogP contribution < -0.4 is 10.2 Å². The van der Waals surface area contributed by atoms with Gasteiger partial charge in [0.05, 0.1) is 36.7 Å². The number of nitrogens with one attached hydrogen (secondary N) is 1. The van der Waals surface area contributed by atoms with Gasteiger partial charge in [-0.05, 0) is 30.5 Å². The number of carbonyl (C=O) groups excluding carboxylic acids is 1.